The number of halogens is 2. The molecule has 44 heavy (non-hydrogen) atoms. The van der Waals surface area contributed by atoms with Gasteiger partial charge in [-0.15, -0.1) is 0 Å². The molecule has 10 nitrogen and oxygen atoms in total. The van der Waals surface area contributed by atoms with Gasteiger partial charge in [-0.1, -0.05) is 12.1 Å². The van der Waals surface area contributed by atoms with E-state index >= 15 is 8.78 Å². The van der Waals surface area contributed by atoms with Crippen molar-refractivity contribution >= 4 is 17.0 Å². The molecule has 222 valence electrons. The van der Waals surface area contributed by atoms with Crippen LogP contribution in [0, 0.1) is 11.6 Å². The van der Waals surface area contributed by atoms with Crippen LogP contribution in [0.5, 0.6) is 5.88 Å². The summed E-state index contributed by atoms with van der Waals surface area (Å²) in [5.41, 5.74) is 2.31. The molecule has 0 unspecified atom stereocenters. The molecule has 0 amide bonds. The maximum atomic E-state index is 15.4. The van der Waals surface area contributed by atoms with E-state index in [1.165, 1.54) is 12.1 Å². The number of methoxy groups -OCH3 is 1. The van der Waals surface area contributed by atoms with Crippen LogP contribution in [-0.4, -0.2) is 54.1 Å². The van der Waals surface area contributed by atoms with Gasteiger partial charge in [0.2, 0.25) is 5.88 Å². The van der Waals surface area contributed by atoms with Crippen LogP contribution in [0.3, 0.4) is 0 Å². The minimum Gasteiger partial charge on any atom is -0.478 e. The Kier molecular flexibility index (Phi) is 8.06. The van der Waals surface area contributed by atoms with E-state index in [1.807, 2.05) is 12.1 Å². The van der Waals surface area contributed by atoms with E-state index in [0.717, 1.165) is 17.7 Å². The Hall–Kier alpha value is -5.49. The van der Waals surface area contributed by atoms with E-state index in [4.69, 9.17) is 9.47 Å². The number of carboxylic acids is 1. The zero-order chi connectivity index (χ0) is 30.6. The van der Waals surface area contributed by atoms with Gasteiger partial charge < -0.3 is 19.1 Å². The number of hydrogen-bond donors (Lipinski definition) is 1. The number of rotatable bonds is 11. The summed E-state index contributed by atoms with van der Waals surface area (Å²) >= 11 is 0. The monoisotopic (exact) mass is 596 g/mol. The lowest BCUT2D eigenvalue weighted by Gasteiger charge is -2.12. The second-order valence-corrected chi connectivity index (χ2v) is 9.91. The zero-order valence-corrected chi connectivity index (χ0v) is 23.5. The quantitative estimate of drug-likeness (QED) is 0.209. The summed E-state index contributed by atoms with van der Waals surface area (Å²) in [6, 6.07) is 17.2. The molecule has 6 rings (SSSR count). The Morgan fingerprint density at radius 3 is 2.64 bits per heavy atom. The Labute approximate surface area is 250 Å². The molecule has 0 bridgehead atoms. The number of hydrogen-bond acceptors (Lipinski definition) is 7. The molecule has 0 spiro atoms. The van der Waals surface area contributed by atoms with Crippen molar-refractivity contribution in [3.8, 4) is 23.0 Å². The highest BCUT2D eigenvalue weighted by atomic mass is 19.1. The average molecular weight is 597 g/mol. The predicted molar refractivity (Wildman–Crippen MR) is 157 cm³/mol. The molecule has 1 N–H and O–H groups in total. The van der Waals surface area contributed by atoms with Crippen molar-refractivity contribution in [3.05, 3.63) is 119 Å². The molecule has 4 heterocycles. The first-order valence-electron chi connectivity index (χ1n) is 13.6. The fourth-order valence-corrected chi connectivity index (χ4v) is 4.81. The molecular formula is C32H26F2N6O4. The molecule has 6 aromatic rings. The summed E-state index contributed by atoms with van der Waals surface area (Å²) < 4.78 is 45.3. The van der Waals surface area contributed by atoms with Gasteiger partial charge in [-0.3, -0.25) is 0 Å². The summed E-state index contributed by atoms with van der Waals surface area (Å²) in [5.74, 6) is -0.996. The van der Waals surface area contributed by atoms with Crippen molar-refractivity contribution in [1.29, 1.82) is 0 Å². The molecular weight excluding hydrogens is 570 g/mol. The molecule has 2 aromatic carbocycles. The molecule has 0 saturated heterocycles. The lowest BCUT2D eigenvalue weighted by atomic mass is 10.0. The van der Waals surface area contributed by atoms with Crippen LogP contribution < -0.4 is 4.74 Å². The number of carboxylic acid groups (broad SMARTS) is 1. The first kappa shape index (κ1) is 28.6. The number of aromatic carboxylic acids is 1. The van der Waals surface area contributed by atoms with Crippen LogP contribution in [0.2, 0.25) is 0 Å². The van der Waals surface area contributed by atoms with Gasteiger partial charge in [0.15, 0.2) is 5.82 Å². The number of ether oxygens (including phenoxy) is 2. The van der Waals surface area contributed by atoms with Crippen LogP contribution in [0.1, 0.15) is 27.3 Å². The van der Waals surface area contributed by atoms with Crippen molar-refractivity contribution < 1.29 is 28.2 Å². The summed E-state index contributed by atoms with van der Waals surface area (Å²) in [5, 5.41) is 13.6. The highest BCUT2D eigenvalue weighted by Crippen LogP contribution is 2.28. The Balaban J connectivity index is 1.21. The molecule has 0 atom stereocenters. The van der Waals surface area contributed by atoms with E-state index in [9.17, 15) is 9.90 Å². The third-order valence-electron chi connectivity index (χ3n) is 7.01. The largest absolute Gasteiger partial charge is 0.478 e. The molecule has 4 aromatic heterocycles. The van der Waals surface area contributed by atoms with Gasteiger partial charge in [-0.25, -0.2) is 33.2 Å². The number of imidazole rings is 1. The second-order valence-electron chi connectivity index (χ2n) is 9.91. The Morgan fingerprint density at radius 2 is 1.89 bits per heavy atom. The topological polar surface area (TPSA) is 117 Å². The van der Waals surface area contributed by atoms with Crippen molar-refractivity contribution in [1.82, 2.24) is 29.3 Å². The van der Waals surface area contributed by atoms with Gasteiger partial charge in [-0.05, 0) is 54.1 Å². The van der Waals surface area contributed by atoms with E-state index in [0.29, 0.717) is 35.8 Å². The van der Waals surface area contributed by atoms with Crippen LogP contribution in [0.4, 0.5) is 8.78 Å². The van der Waals surface area contributed by atoms with E-state index in [1.54, 1.807) is 65.3 Å². The number of aromatic nitrogens is 6. The number of nitrogens with zero attached hydrogens (tertiary/aromatic N) is 6. The normalized spacial score (nSPS) is 11.2. The predicted octanol–water partition coefficient (Wildman–Crippen LogP) is 5.47. The Morgan fingerprint density at radius 1 is 1.00 bits per heavy atom. The van der Waals surface area contributed by atoms with E-state index < -0.39 is 17.6 Å². The number of benzene rings is 2. The van der Waals surface area contributed by atoms with Crippen LogP contribution in [-0.2, 0) is 24.3 Å². The number of fused-ring (bicyclic) bond motifs is 1. The standard InChI is InChI=1S/C32H26F2N6O4/c1-43-13-12-39-28-15-21(32(41)42)7-8-27(28)37-30(39)16-22-14-25(34)23(17-24(22)33)26-4-2-5-31(38-26)44-19-20-6-9-29(35-18-20)40-11-3-10-36-40/h2-11,14-15,17-18H,12-13,16,19H2,1H3,(H,41,42). The molecule has 0 aliphatic heterocycles. The molecule has 0 saturated carbocycles. The lowest BCUT2D eigenvalue weighted by molar-refractivity contribution is 0.0697. The van der Waals surface area contributed by atoms with Crippen molar-refractivity contribution in [3.63, 3.8) is 0 Å². The van der Waals surface area contributed by atoms with Crippen molar-refractivity contribution in [2.24, 2.45) is 0 Å². The smallest absolute Gasteiger partial charge is 0.335 e. The summed E-state index contributed by atoms with van der Waals surface area (Å²) in [6.07, 6.45) is 5.11. The van der Waals surface area contributed by atoms with Gasteiger partial charge in [0.05, 0.1) is 28.9 Å². The van der Waals surface area contributed by atoms with E-state index in [2.05, 4.69) is 20.1 Å². The molecule has 0 aliphatic rings. The van der Waals surface area contributed by atoms with E-state index in [-0.39, 0.29) is 41.3 Å². The fourth-order valence-electron chi connectivity index (χ4n) is 4.81. The summed E-state index contributed by atoms with van der Waals surface area (Å²) in [4.78, 5) is 24.8. The highest BCUT2D eigenvalue weighted by molar-refractivity contribution is 5.92. The molecule has 0 fully saturated rings. The second kappa shape index (κ2) is 12.4. The summed E-state index contributed by atoms with van der Waals surface area (Å²) in [7, 11) is 1.54. The molecule has 0 aliphatic carbocycles. The van der Waals surface area contributed by atoms with Crippen LogP contribution in [0.25, 0.3) is 28.1 Å². The maximum absolute atomic E-state index is 15.4. The minimum atomic E-state index is -1.07. The van der Waals surface area contributed by atoms with Crippen LogP contribution >= 0.6 is 0 Å². The lowest BCUT2D eigenvalue weighted by Crippen LogP contribution is -2.10. The van der Waals surface area contributed by atoms with Gasteiger partial charge in [0, 0.05) is 55.9 Å². The molecule has 0 radical (unpaired) electrons. The first-order valence-corrected chi connectivity index (χ1v) is 13.6. The fraction of sp³-hybridized carbons (Fsp3) is 0.156. The minimum absolute atomic E-state index is 0.0130. The summed E-state index contributed by atoms with van der Waals surface area (Å²) in [6.45, 7) is 0.855. The van der Waals surface area contributed by atoms with Gasteiger partial charge in [-0.2, -0.15) is 5.10 Å². The van der Waals surface area contributed by atoms with Gasteiger partial charge in [0.25, 0.3) is 0 Å². The SMILES string of the molecule is COCCn1c(Cc2cc(F)c(-c3cccc(OCc4ccc(-n5cccn5)nc4)n3)cc2F)nc2ccc(C(=O)O)cc21. The molecule has 12 heteroatoms. The number of pyridine rings is 2. The average Bonchev–Trinajstić information content (AvgIpc) is 3.69. The number of carbonyl (C=O) groups is 1. The first-order chi connectivity index (χ1) is 21.4. The van der Waals surface area contributed by atoms with Crippen LogP contribution in [0.15, 0.2) is 85.3 Å². The third-order valence-corrected chi connectivity index (χ3v) is 7.01. The van der Waals surface area contributed by atoms with Crippen molar-refractivity contribution in [2.45, 2.75) is 19.6 Å². The van der Waals surface area contributed by atoms with Gasteiger partial charge in [0.1, 0.15) is 24.1 Å². The zero-order valence-electron chi connectivity index (χ0n) is 23.5. The third kappa shape index (κ3) is 6.01. The maximum Gasteiger partial charge on any atom is 0.335 e. The Bertz CT molecular complexity index is 1940. The highest BCUT2D eigenvalue weighted by Gasteiger charge is 2.18. The van der Waals surface area contributed by atoms with Gasteiger partial charge >= 0.3 is 5.97 Å². The van der Waals surface area contributed by atoms with Crippen molar-refractivity contribution in [2.75, 3.05) is 13.7 Å².